The molecule has 0 aliphatic heterocycles. The first-order valence-corrected chi connectivity index (χ1v) is 13.8. The van der Waals surface area contributed by atoms with E-state index in [4.69, 9.17) is 14.9 Å². The standard InChI is InChI=1S/C25H34N3O9P/c1-17(37-38(34,35)36)24(25(32)33)28-22(30)13-15-27-21(29)12-3-2-6-14-26-23(31)16-19-10-7-9-18-8-4-5-11-20(18)19/h4-5,7-11,17,24H,2-3,6,12-16H2,1H3,(H,26,31)(H,27,29)(H,28,30)(H,32,33)(H2,34,35,36). The van der Waals surface area contributed by atoms with Crippen LogP contribution in [0.2, 0.25) is 0 Å². The molecule has 6 N–H and O–H groups in total. The summed E-state index contributed by atoms with van der Waals surface area (Å²) in [5.41, 5.74) is 0.966. The van der Waals surface area contributed by atoms with E-state index in [1.165, 1.54) is 0 Å². The monoisotopic (exact) mass is 551 g/mol. The van der Waals surface area contributed by atoms with Gasteiger partial charge in [0.2, 0.25) is 17.7 Å². The Kier molecular flexibility index (Phi) is 12.4. The summed E-state index contributed by atoms with van der Waals surface area (Å²) >= 11 is 0. The fraction of sp³-hybridized carbons (Fsp3) is 0.440. The van der Waals surface area contributed by atoms with Crippen molar-refractivity contribution in [2.45, 2.75) is 57.6 Å². The van der Waals surface area contributed by atoms with Crippen molar-refractivity contribution >= 4 is 42.3 Å². The van der Waals surface area contributed by atoms with Crippen molar-refractivity contribution in [1.82, 2.24) is 16.0 Å². The zero-order chi connectivity index (χ0) is 28.1. The lowest BCUT2D eigenvalue weighted by atomic mass is 10.0. The molecule has 0 saturated carbocycles. The number of carboxylic acid groups (broad SMARTS) is 1. The molecule has 2 aromatic rings. The van der Waals surface area contributed by atoms with E-state index < -0.39 is 31.8 Å². The topological polar surface area (TPSA) is 191 Å². The number of hydrogen-bond donors (Lipinski definition) is 6. The average molecular weight is 552 g/mol. The number of amides is 3. The normalized spacial score (nSPS) is 12.9. The maximum Gasteiger partial charge on any atom is 0.469 e. The summed E-state index contributed by atoms with van der Waals surface area (Å²) in [6.45, 7) is 1.58. The molecule has 12 nitrogen and oxygen atoms in total. The summed E-state index contributed by atoms with van der Waals surface area (Å²) in [7, 11) is -4.93. The van der Waals surface area contributed by atoms with Gasteiger partial charge in [0.25, 0.3) is 0 Å². The van der Waals surface area contributed by atoms with Gasteiger partial charge in [-0.2, -0.15) is 0 Å². The van der Waals surface area contributed by atoms with Gasteiger partial charge in [0.05, 0.1) is 12.5 Å². The number of benzene rings is 2. The molecule has 0 saturated heterocycles. The van der Waals surface area contributed by atoms with Crippen molar-refractivity contribution in [3.05, 3.63) is 48.0 Å². The maximum absolute atomic E-state index is 12.3. The highest BCUT2D eigenvalue weighted by molar-refractivity contribution is 7.46. The molecule has 0 aromatic heterocycles. The van der Waals surface area contributed by atoms with E-state index in [0.29, 0.717) is 25.8 Å². The molecule has 0 fully saturated rings. The molecular weight excluding hydrogens is 517 g/mol. The van der Waals surface area contributed by atoms with Gasteiger partial charge in [-0.1, -0.05) is 48.9 Å². The number of aliphatic carboxylic acids is 1. The minimum Gasteiger partial charge on any atom is -0.480 e. The molecule has 0 aliphatic rings. The van der Waals surface area contributed by atoms with Gasteiger partial charge in [-0.05, 0) is 36.1 Å². The molecule has 2 atom stereocenters. The Labute approximate surface area is 220 Å². The highest BCUT2D eigenvalue weighted by atomic mass is 31.2. The third-order valence-electron chi connectivity index (χ3n) is 5.66. The van der Waals surface area contributed by atoms with E-state index in [2.05, 4.69) is 20.5 Å². The largest absolute Gasteiger partial charge is 0.480 e. The first-order chi connectivity index (χ1) is 18.0. The Hall–Kier alpha value is -3.31. The lowest BCUT2D eigenvalue weighted by Crippen LogP contribution is -2.48. The van der Waals surface area contributed by atoms with Crippen LogP contribution in [0.25, 0.3) is 10.8 Å². The first kappa shape index (κ1) is 30.9. The number of unbranched alkanes of at least 4 members (excludes halogenated alkanes) is 2. The van der Waals surface area contributed by atoms with Crippen LogP contribution in [0.3, 0.4) is 0 Å². The number of phosphoric acid groups is 1. The second kappa shape index (κ2) is 15.2. The number of carbonyl (C=O) groups excluding carboxylic acids is 3. The minimum absolute atomic E-state index is 0.0328. The number of carbonyl (C=O) groups is 4. The van der Waals surface area contributed by atoms with Crippen LogP contribution >= 0.6 is 7.82 Å². The Morgan fingerprint density at radius 1 is 0.868 bits per heavy atom. The lowest BCUT2D eigenvalue weighted by molar-refractivity contribution is -0.144. The Morgan fingerprint density at radius 3 is 2.26 bits per heavy atom. The fourth-order valence-electron chi connectivity index (χ4n) is 3.80. The fourth-order valence-corrected chi connectivity index (χ4v) is 4.36. The van der Waals surface area contributed by atoms with Gasteiger partial charge in [0, 0.05) is 25.9 Å². The highest BCUT2D eigenvalue weighted by Crippen LogP contribution is 2.38. The van der Waals surface area contributed by atoms with Gasteiger partial charge in [0.15, 0.2) is 6.04 Å². The summed E-state index contributed by atoms with van der Waals surface area (Å²) < 4.78 is 15.2. The molecule has 3 amide bonds. The zero-order valence-electron chi connectivity index (χ0n) is 21.1. The molecule has 0 radical (unpaired) electrons. The number of phosphoric ester groups is 1. The van der Waals surface area contributed by atoms with Crippen molar-refractivity contribution in [3.63, 3.8) is 0 Å². The summed E-state index contributed by atoms with van der Waals surface area (Å²) in [4.78, 5) is 65.1. The molecular formula is C25H34N3O9P. The van der Waals surface area contributed by atoms with E-state index in [9.17, 15) is 23.7 Å². The van der Waals surface area contributed by atoms with Gasteiger partial charge in [-0.25, -0.2) is 9.36 Å². The SMILES string of the molecule is CC(OP(=O)(O)O)C(NC(=O)CCNC(=O)CCCCCNC(=O)Cc1cccc2ccccc12)C(=O)O. The number of rotatable bonds is 16. The van der Waals surface area contributed by atoms with Crippen molar-refractivity contribution < 1.29 is 43.2 Å². The molecule has 0 aliphatic carbocycles. The second-order valence-corrected chi connectivity index (χ2v) is 9.95. The van der Waals surface area contributed by atoms with E-state index in [1.54, 1.807) is 0 Å². The molecule has 2 rings (SSSR count). The Morgan fingerprint density at radius 2 is 1.55 bits per heavy atom. The van der Waals surface area contributed by atoms with Gasteiger partial charge in [-0.15, -0.1) is 0 Å². The molecule has 38 heavy (non-hydrogen) atoms. The van der Waals surface area contributed by atoms with Crippen LogP contribution in [-0.4, -0.2) is 63.8 Å². The van der Waals surface area contributed by atoms with E-state index in [0.717, 1.165) is 29.7 Å². The van der Waals surface area contributed by atoms with Crippen LogP contribution in [0.1, 0.15) is 44.6 Å². The van der Waals surface area contributed by atoms with Crippen LogP contribution in [0.5, 0.6) is 0 Å². The van der Waals surface area contributed by atoms with Gasteiger partial charge in [0.1, 0.15) is 0 Å². The number of fused-ring (bicyclic) bond motifs is 1. The predicted octanol–water partition coefficient (Wildman–Crippen LogP) is 1.63. The van der Waals surface area contributed by atoms with Gasteiger partial charge < -0.3 is 30.8 Å². The van der Waals surface area contributed by atoms with Crippen molar-refractivity contribution in [1.29, 1.82) is 0 Å². The van der Waals surface area contributed by atoms with Gasteiger partial charge >= 0.3 is 13.8 Å². The van der Waals surface area contributed by atoms with E-state index in [1.807, 2.05) is 42.5 Å². The van der Waals surface area contributed by atoms with Crippen LogP contribution in [0.4, 0.5) is 0 Å². The summed E-state index contributed by atoms with van der Waals surface area (Å²) in [6.07, 6.45) is 0.852. The molecule has 2 aromatic carbocycles. The van der Waals surface area contributed by atoms with Crippen LogP contribution in [0.15, 0.2) is 42.5 Å². The molecule has 2 unspecified atom stereocenters. The summed E-state index contributed by atoms with van der Waals surface area (Å²) in [5.74, 6) is -2.58. The Bertz CT molecular complexity index is 1160. The van der Waals surface area contributed by atoms with Crippen LogP contribution in [0, 0.1) is 0 Å². The minimum atomic E-state index is -4.93. The maximum atomic E-state index is 12.3. The van der Waals surface area contributed by atoms with Crippen LogP contribution in [-0.2, 0) is 34.7 Å². The van der Waals surface area contributed by atoms with E-state index >= 15 is 0 Å². The van der Waals surface area contributed by atoms with Crippen LogP contribution < -0.4 is 16.0 Å². The summed E-state index contributed by atoms with van der Waals surface area (Å²) in [6, 6.07) is 12.1. The van der Waals surface area contributed by atoms with E-state index in [-0.39, 0.29) is 31.2 Å². The molecule has 0 heterocycles. The molecule has 0 spiro atoms. The first-order valence-electron chi connectivity index (χ1n) is 12.2. The van der Waals surface area contributed by atoms with Crippen molar-refractivity contribution in [2.75, 3.05) is 13.1 Å². The number of carboxylic acids is 1. The number of hydrogen-bond acceptors (Lipinski definition) is 6. The third kappa shape index (κ3) is 11.4. The third-order valence-corrected chi connectivity index (χ3v) is 6.27. The number of nitrogens with one attached hydrogen (secondary N) is 3. The second-order valence-electron chi connectivity index (χ2n) is 8.76. The molecule has 208 valence electrons. The Balaban J connectivity index is 1.57. The summed E-state index contributed by atoms with van der Waals surface area (Å²) in [5, 5.41) is 18.9. The van der Waals surface area contributed by atoms with Crippen molar-refractivity contribution in [2.24, 2.45) is 0 Å². The lowest BCUT2D eigenvalue weighted by Gasteiger charge is -2.21. The zero-order valence-corrected chi connectivity index (χ0v) is 22.0. The predicted molar refractivity (Wildman–Crippen MR) is 139 cm³/mol. The smallest absolute Gasteiger partial charge is 0.469 e. The average Bonchev–Trinajstić information content (AvgIpc) is 2.83. The quantitative estimate of drug-likeness (QED) is 0.133. The molecule has 13 heteroatoms. The highest BCUT2D eigenvalue weighted by Gasteiger charge is 2.32. The molecule has 0 bridgehead atoms. The van der Waals surface area contributed by atoms with Crippen molar-refractivity contribution in [3.8, 4) is 0 Å². The van der Waals surface area contributed by atoms with Gasteiger partial charge in [-0.3, -0.25) is 18.9 Å².